The van der Waals surface area contributed by atoms with Gasteiger partial charge < -0.3 is 5.32 Å². The molecule has 0 spiro atoms. The zero-order chi connectivity index (χ0) is 13.0. The summed E-state index contributed by atoms with van der Waals surface area (Å²) in [5.74, 6) is 0. The third-order valence-electron chi connectivity index (χ3n) is 4.03. The van der Waals surface area contributed by atoms with E-state index in [0.29, 0.717) is 5.54 Å². The minimum absolute atomic E-state index is 0.297. The van der Waals surface area contributed by atoms with Crippen LogP contribution in [0.25, 0.3) is 0 Å². The summed E-state index contributed by atoms with van der Waals surface area (Å²) in [7, 11) is 2.05. The molecule has 0 unspecified atom stereocenters. The van der Waals surface area contributed by atoms with Crippen LogP contribution in [0.4, 0.5) is 0 Å². The second-order valence-electron chi connectivity index (χ2n) is 5.40. The third kappa shape index (κ3) is 3.10. The Labute approximate surface area is 109 Å². The number of hydrogen-bond donors (Lipinski definition) is 1. The number of likely N-dealkylation sites (tertiary alicyclic amines) is 1. The molecule has 1 aromatic carbocycles. The average Bonchev–Trinajstić information content (AvgIpc) is 2.42. The molecular formula is C15H21N3. The van der Waals surface area contributed by atoms with Crippen molar-refractivity contribution < 1.29 is 0 Å². The Kier molecular flexibility index (Phi) is 4.00. The lowest BCUT2D eigenvalue weighted by molar-refractivity contribution is 0.146. The first-order chi connectivity index (χ1) is 8.65. The van der Waals surface area contributed by atoms with Crippen LogP contribution in [0.2, 0.25) is 0 Å². The zero-order valence-electron chi connectivity index (χ0n) is 11.2. The summed E-state index contributed by atoms with van der Waals surface area (Å²) in [5.41, 5.74) is 2.29. The first-order valence-corrected chi connectivity index (χ1v) is 6.55. The van der Waals surface area contributed by atoms with E-state index in [1.807, 2.05) is 25.2 Å². The Hall–Kier alpha value is -1.37. The molecular weight excluding hydrogens is 222 g/mol. The fraction of sp³-hybridized carbons (Fsp3) is 0.533. The van der Waals surface area contributed by atoms with Crippen molar-refractivity contribution in [3.8, 4) is 6.07 Å². The topological polar surface area (TPSA) is 39.1 Å². The van der Waals surface area contributed by atoms with E-state index in [1.54, 1.807) is 0 Å². The molecule has 3 nitrogen and oxygen atoms in total. The molecule has 0 atom stereocenters. The maximum Gasteiger partial charge on any atom is 0.0991 e. The van der Waals surface area contributed by atoms with Gasteiger partial charge in [-0.3, -0.25) is 4.90 Å². The van der Waals surface area contributed by atoms with Crippen LogP contribution in [0.1, 0.15) is 30.9 Å². The standard InChI is InChI=1S/C15H21N3/c1-15(17-2)6-8-18(9-7-15)12-14-5-3-4-13(10-14)11-16/h3-5,10,17H,6-9,12H2,1-2H3. The fourth-order valence-corrected chi connectivity index (χ4v) is 2.45. The van der Waals surface area contributed by atoms with Gasteiger partial charge >= 0.3 is 0 Å². The van der Waals surface area contributed by atoms with Crippen molar-refractivity contribution in [2.24, 2.45) is 0 Å². The first-order valence-electron chi connectivity index (χ1n) is 6.55. The maximum absolute atomic E-state index is 8.90. The number of piperidine rings is 1. The number of nitrogens with zero attached hydrogens (tertiary/aromatic N) is 2. The van der Waals surface area contributed by atoms with E-state index < -0.39 is 0 Å². The highest BCUT2D eigenvalue weighted by Crippen LogP contribution is 2.22. The largest absolute Gasteiger partial charge is 0.314 e. The van der Waals surface area contributed by atoms with E-state index in [0.717, 1.165) is 25.2 Å². The van der Waals surface area contributed by atoms with E-state index in [-0.39, 0.29) is 0 Å². The summed E-state index contributed by atoms with van der Waals surface area (Å²) in [4.78, 5) is 2.47. The van der Waals surface area contributed by atoms with Crippen LogP contribution in [0.3, 0.4) is 0 Å². The maximum atomic E-state index is 8.90. The SMILES string of the molecule is CNC1(C)CCN(Cc2cccc(C#N)c2)CC1. The normalized spacial score (nSPS) is 19.4. The van der Waals surface area contributed by atoms with Gasteiger partial charge in [0.1, 0.15) is 0 Å². The summed E-state index contributed by atoms with van der Waals surface area (Å²) in [6.07, 6.45) is 2.36. The fourth-order valence-electron chi connectivity index (χ4n) is 2.45. The summed E-state index contributed by atoms with van der Waals surface area (Å²) < 4.78 is 0. The van der Waals surface area contributed by atoms with Gasteiger partial charge in [0.15, 0.2) is 0 Å². The molecule has 3 heteroatoms. The van der Waals surface area contributed by atoms with Crippen LogP contribution < -0.4 is 5.32 Å². The Morgan fingerprint density at radius 1 is 1.39 bits per heavy atom. The van der Waals surface area contributed by atoms with E-state index >= 15 is 0 Å². The molecule has 1 saturated heterocycles. The van der Waals surface area contributed by atoms with Gasteiger partial charge in [-0.15, -0.1) is 0 Å². The predicted octanol–water partition coefficient (Wildman–Crippen LogP) is 2.13. The molecule has 1 aliphatic heterocycles. The van der Waals surface area contributed by atoms with Crippen LogP contribution in [0.15, 0.2) is 24.3 Å². The van der Waals surface area contributed by atoms with Gasteiger partial charge in [0.25, 0.3) is 0 Å². The summed E-state index contributed by atoms with van der Waals surface area (Å²) in [6, 6.07) is 10.1. The van der Waals surface area contributed by atoms with Crippen LogP contribution in [0, 0.1) is 11.3 Å². The zero-order valence-corrected chi connectivity index (χ0v) is 11.2. The molecule has 1 aromatic rings. The molecule has 1 fully saturated rings. The van der Waals surface area contributed by atoms with Gasteiger partial charge in [0.2, 0.25) is 0 Å². The molecule has 0 radical (unpaired) electrons. The molecule has 0 aliphatic carbocycles. The molecule has 1 N–H and O–H groups in total. The average molecular weight is 243 g/mol. The Morgan fingerprint density at radius 2 is 2.11 bits per heavy atom. The monoisotopic (exact) mass is 243 g/mol. The van der Waals surface area contributed by atoms with Gasteiger partial charge in [-0.05, 0) is 44.5 Å². The lowest BCUT2D eigenvalue weighted by Crippen LogP contribution is -2.49. The molecule has 18 heavy (non-hydrogen) atoms. The van der Waals surface area contributed by atoms with Crippen molar-refractivity contribution in [1.82, 2.24) is 10.2 Å². The van der Waals surface area contributed by atoms with Gasteiger partial charge in [-0.2, -0.15) is 5.26 Å². The van der Waals surface area contributed by atoms with Crippen LogP contribution in [-0.4, -0.2) is 30.6 Å². The number of hydrogen-bond acceptors (Lipinski definition) is 3. The second-order valence-corrected chi connectivity index (χ2v) is 5.40. The minimum Gasteiger partial charge on any atom is -0.314 e. The van der Waals surface area contributed by atoms with Crippen molar-refractivity contribution in [2.45, 2.75) is 31.8 Å². The Morgan fingerprint density at radius 3 is 2.72 bits per heavy atom. The highest BCUT2D eigenvalue weighted by Gasteiger charge is 2.27. The van der Waals surface area contributed by atoms with Crippen molar-refractivity contribution in [2.75, 3.05) is 20.1 Å². The summed E-state index contributed by atoms with van der Waals surface area (Å²) >= 11 is 0. The Bertz CT molecular complexity index is 439. The lowest BCUT2D eigenvalue weighted by atomic mass is 9.90. The molecule has 2 rings (SSSR count). The minimum atomic E-state index is 0.297. The van der Waals surface area contributed by atoms with Crippen molar-refractivity contribution in [3.63, 3.8) is 0 Å². The van der Waals surface area contributed by atoms with Gasteiger partial charge in [0, 0.05) is 25.2 Å². The predicted molar refractivity (Wildman–Crippen MR) is 73.1 cm³/mol. The van der Waals surface area contributed by atoms with E-state index in [2.05, 4.69) is 29.3 Å². The van der Waals surface area contributed by atoms with Crippen molar-refractivity contribution in [3.05, 3.63) is 35.4 Å². The van der Waals surface area contributed by atoms with Gasteiger partial charge in [0.05, 0.1) is 11.6 Å². The molecule has 0 saturated carbocycles. The number of benzene rings is 1. The molecule has 0 aromatic heterocycles. The highest BCUT2D eigenvalue weighted by molar-refractivity contribution is 5.32. The highest BCUT2D eigenvalue weighted by atomic mass is 15.1. The summed E-state index contributed by atoms with van der Waals surface area (Å²) in [6.45, 7) is 5.48. The lowest BCUT2D eigenvalue weighted by Gasteiger charge is -2.39. The van der Waals surface area contributed by atoms with E-state index in [4.69, 9.17) is 5.26 Å². The third-order valence-corrected chi connectivity index (χ3v) is 4.03. The number of nitrogens with one attached hydrogen (secondary N) is 1. The molecule has 96 valence electrons. The van der Waals surface area contributed by atoms with Gasteiger partial charge in [-0.1, -0.05) is 12.1 Å². The van der Waals surface area contributed by atoms with Crippen molar-refractivity contribution in [1.29, 1.82) is 5.26 Å². The summed E-state index contributed by atoms with van der Waals surface area (Å²) in [5, 5.41) is 12.3. The Balaban J connectivity index is 1.94. The van der Waals surface area contributed by atoms with E-state index in [1.165, 1.54) is 18.4 Å². The van der Waals surface area contributed by atoms with Crippen molar-refractivity contribution >= 4 is 0 Å². The number of nitriles is 1. The van der Waals surface area contributed by atoms with Crippen LogP contribution in [0.5, 0.6) is 0 Å². The van der Waals surface area contributed by atoms with E-state index in [9.17, 15) is 0 Å². The smallest absolute Gasteiger partial charge is 0.0991 e. The number of rotatable bonds is 3. The van der Waals surface area contributed by atoms with Crippen LogP contribution in [-0.2, 0) is 6.54 Å². The molecule has 0 bridgehead atoms. The molecule has 1 aliphatic rings. The van der Waals surface area contributed by atoms with Gasteiger partial charge in [-0.25, -0.2) is 0 Å². The quantitative estimate of drug-likeness (QED) is 0.884. The first kappa shape index (κ1) is 13.1. The molecule has 1 heterocycles. The molecule has 0 amide bonds. The van der Waals surface area contributed by atoms with Crippen LogP contribution >= 0.6 is 0 Å². The second kappa shape index (κ2) is 5.51.